The van der Waals surface area contributed by atoms with E-state index in [-0.39, 0.29) is 11.3 Å². The molecule has 1 N–H and O–H groups in total. The highest BCUT2D eigenvalue weighted by atomic mass is 16.3. The average molecular weight is 165 g/mol. The van der Waals surface area contributed by atoms with E-state index in [1.807, 2.05) is 0 Å². The van der Waals surface area contributed by atoms with E-state index in [0.29, 0.717) is 5.56 Å². The van der Waals surface area contributed by atoms with Gasteiger partial charge in [-0.1, -0.05) is 0 Å². The molecule has 0 fully saturated rings. The summed E-state index contributed by atoms with van der Waals surface area (Å²) >= 11 is 0. The summed E-state index contributed by atoms with van der Waals surface area (Å²) < 4.78 is 1.75. The van der Waals surface area contributed by atoms with Crippen LogP contribution >= 0.6 is 0 Å². The molecule has 3 heteroatoms. The molecule has 0 aliphatic carbocycles. The van der Waals surface area contributed by atoms with Crippen molar-refractivity contribution < 1.29 is 5.11 Å². The van der Waals surface area contributed by atoms with Crippen molar-refractivity contribution in [2.24, 2.45) is 0 Å². The molecule has 0 saturated heterocycles. The van der Waals surface area contributed by atoms with Crippen molar-refractivity contribution >= 4 is 0 Å². The average Bonchev–Trinajstić information content (AvgIpc) is 2.48. The molecule has 0 amide bonds. The zero-order valence-electron chi connectivity index (χ0n) is 7.00. The zero-order chi connectivity index (χ0) is 8.72. The van der Waals surface area contributed by atoms with Crippen LogP contribution in [0.2, 0.25) is 0 Å². The molecule has 2 rings (SSSR count). The normalized spacial score (nSPS) is 14.8. The summed E-state index contributed by atoms with van der Waals surface area (Å²) in [6.45, 7) is 2.46. The predicted octanol–water partition coefficient (Wildman–Crippen LogP) is 0.809. The first-order valence-electron chi connectivity index (χ1n) is 4.12. The minimum absolute atomic E-state index is 0.0394. The van der Waals surface area contributed by atoms with Gasteiger partial charge in [-0.15, -0.1) is 0 Å². The maximum atomic E-state index is 11.5. The van der Waals surface area contributed by atoms with E-state index in [0.717, 1.165) is 25.1 Å². The summed E-state index contributed by atoms with van der Waals surface area (Å²) in [6.07, 6.45) is 1.92. The summed E-state index contributed by atoms with van der Waals surface area (Å²) in [5.41, 5.74) is 1.38. The van der Waals surface area contributed by atoms with Gasteiger partial charge in [0.15, 0.2) is 0 Å². The number of fused-ring (bicyclic) bond motifs is 1. The second-order valence-electron chi connectivity index (χ2n) is 3.21. The molecule has 0 radical (unpaired) electrons. The quantitative estimate of drug-likeness (QED) is 0.618. The number of aromatic nitrogens is 1. The van der Waals surface area contributed by atoms with Crippen molar-refractivity contribution in [3.05, 3.63) is 27.7 Å². The van der Waals surface area contributed by atoms with E-state index in [9.17, 15) is 9.90 Å². The summed E-state index contributed by atoms with van der Waals surface area (Å²) in [6, 6.07) is 1.70. The summed E-state index contributed by atoms with van der Waals surface area (Å²) in [4.78, 5) is 11.5. The Kier molecular flexibility index (Phi) is 1.46. The van der Waals surface area contributed by atoms with Crippen LogP contribution in [0.15, 0.2) is 10.9 Å². The van der Waals surface area contributed by atoms with Gasteiger partial charge in [0.25, 0.3) is 5.56 Å². The fourth-order valence-electron chi connectivity index (χ4n) is 1.66. The molecular weight excluding hydrogens is 154 g/mol. The molecule has 1 aromatic heterocycles. The molecule has 64 valence electrons. The molecule has 1 aliphatic rings. The van der Waals surface area contributed by atoms with Crippen LogP contribution < -0.4 is 5.56 Å². The fourth-order valence-corrected chi connectivity index (χ4v) is 1.66. The third-order valence-corrected chi connectivity index (χ3v) is 2.41. The lowest BCUT2D eigenvalue weighted by Crippen LogP contribution is -2.21. The summed E-state index contributed by atoms with van der Waals surface area (Å²) in [5.74, 6) is 0.133. The second kappa shape index (κ2) is 2.37. The van der Waals surface area contributed by atoms with Gasteiger partial charge in [-0.2, -0.15) is 0 Å². The van der Waals surface area contributed by atoms with Gasteiger partial charge in [0, 0.05) is 12.2 Å². The van der Waals surface area contributed by atoms with Crippen LogP contribution in [0.25, 0.3) is 0 Å². The van der Waals surface area contributed by atoms with E-state index in [1.54, 1.807) is 17.6 Å². The smallest absolute Gasteiger partial charge is 0.257 e. The Labute approximate surface area is 70.3 Å². The van der Waals surface area contributed by atoms with Crippen LogP contribution in [-0.4, -0.2) is 9.67 Å². The highest BCUT2D eigenvalue weighted by molar-refractivity contribution is 5.32. The number of rotatable bonds is 0. The molecule has 0 aromatic carbocycles. The van der Waals surface area contributed by atoms with Crippen molar-refractivity contribution in [1.82, 2.24) is 4.57 Å². The Hall–Kier alpha value is -1.25. The van der Waals surface area contributed by atoms with Crippen molar-refractivity contribution in [3.63, 3.8) is 0 Å². The molecule has 12 heavy (non-hydrogen) atoms. The van der Waals surface area contributed by atoms with Crippen molar-refractivity contribution in [2.75, 3.05) is 0 Å². The first-order valence-corrected chi connectivity index (χ1v) is 4.12. The van der Waals surface area contributed by atoms with Crippen LogP contribution in [0, 0.1) is 6.92 Å². The van der Waals surface area contributed by atoms with Crippen LogP contribution in [0.4, 0.5) is 0 Å². The lowest BCUT2D eigenvalue weighted by atomic mass is 10.2. The molecule has 1 aliphatic heterocycles. The van der Waals surface area contributed by atoms with Gasteiger partial charge in [0.2, 0.25) is 0 Å². The zero-order valence-corrected chi connectivity index (χ0v) is 7.00. The minimum Gasteiger partial charge on any atom is -0.507 e. The number of nitrogens with zero attached hydrogens (tertiary/aromatic N) is 1. The van der Waals surface area contributed by atoms with Gasteiger partial charge in [-0.25, -0.2) is 0 Å². The van der Waals surface area contributed by atoms with E-state index in [2.05, 4.69) is 0 Å². The van der Waals surface area contributed by atoms with Gasteiger partial charge in [-0.05, 0) is 25.8 Å². The van der Waals surface area contributed by atoms with Crippen molar-refractivity contribution in [3.8, 4) is 5.75 Å². The van der Waals surface area contributed by atoms with Crippen LogP contribution in [0.5, 0.6) is 5.75 Å². The van der Waals surface area contributed by atoms with E-state index >= 15 is 0 Å². The lowest BCUT2D eigenvalue weighted by molar-refractivity contribution is 0.466. The molecule has 0 atom stereocenters. The maximum Gasteiger partial charge on any atom is 0.257 e. The van der Waals surface area contributed by atoms with Crippen LogP contribution in [-0.2, 0) is 13.0 Å². The van der Waals surface area contributed by atoms with Crippen molar-refractivity contribution in [1.29, 1.82) is 0 Å². The SMILES string of the molecule is Cc1c(O)cc2n(c1=O)CCC2. The predicted molar refractivity (Wildman–Crippen MR) is 45.4 cm³/mol. The number of pyridine rings is 1. The standard InChI is InChI=1S/C9H11NO2/c1-6-8(11)5-7-3-2-4-10(7)9(6)12/h5,11H,2-4H2,1H3. The topological polar surface area (TPSA) is 42.2 Å². The lowest BCUT2D eigenvalue weighted by Gasteiger charge is -2.05. The Morgan fingerprint density at radius 2 is 2.33 bits per heavy atom. The van der Waals surface area contributed by atoms with Crippen LogP contribution in [0.3, 0.4) is 0 Å². The first-order chi connectivity index (χ1) is 5.70. The highest BCUT2D eigenvalue weighted by Crippen LogP contribution is 2.19. The van der Waals surface area contributed by atoms with Gasteiger partial charge >= 0.3 is 0 Å². The minimum atomic E-state index is -0.0394. The molecule has 1 aromatic rings. The molecule has 0 bridgehead atoms. The second-order valence-corrected chi connectivity index (χ2v) is 3.21. The van der Waals surface area contributed by atoms with Gasteiger partial charge in [0.05, 0.1) is 5.56 Å². The van der Waals surface area contributed by atoms with Crippen molar-refractivity contribution in [2.45, 2.75) is 26.3 Å². The fraction of sp³-hybridized carbons (Fsp3) is 0.444. The molecule has 3 nitrogen and oxygen atoms in total. The summed E-state index contributed by atoms with van der Waals surface area (Å²) in [5, 5.41) is 9.35. The number of aromatic hydroxyl groups is 1. The highest BCUT2D eigenvalue weighted by Gasteiger charge is 2.15. The number of hydrogen-bond acceptors (Lipinski definition) is 2. The Morgan fingerprint density at radius 1 is 1.58 bits per heavy atom. The third-order valence-electron chi connectivity index (χ3n) is 2.41. The maximum absolute atomic E-state index is 11.5. The van der Waals surface area contributed by atoms with Gasteiger partial charge < -0.3 is 9.67 Å². The van der Waals surface area contributed by atoms with Crippen LogP contribution in [0.1, 0.15) is 17.7 Å². The molecule has 2 heterocycles. The Bertz CT molecular complexity index is 379. The monoisotopic (exact) mass is 165 g/mol. The molecule has 0 spiro atoms. The Balaban J connectivity index is 2.76. The third kappa shape index (κ3) is 0.858. The largest absolute Gasteiger partial charge is 0.507 e. The molecule has 0 saturated carbocycles. The Morgan fingerprint density at radius 3 is 3.08 bits per heavy atom. The van der Waals surface area contributed by atoms with E-state index in [4.69, 9.17) is 0 Å². The number of aryl methyl sites for hydroxylation is 1. The number of hydrogen-bond donors (Lipinski definition) is 1. The van der Waals surface area contributed by atoms with Gasteiger partial charge in [0.1, 0.15) is 5.75 Å². The molecular formula is C9H11NO2. The van der Waals surface area contributed by atoms with Gasteiger partial charge in [-0.3, -0.25) is 4.79 Å². The van der Waals surface area contributed by atoms with E-state index in [1.165, 1.54) is 0 Å². The molecule has 0 unspecified atom stereocenters. The van der Waals surface area contributed by atoms with E-state index < -0.39 is 0 Å². The first kappa shape index (κ1) is 7.40. The summed E-state index contributed by atoms with van der Waals surface area (Å²) in [7, 11) is 0.